The molecular formula is C14H15ClN2O3. The fourth-order valence-corrected chi connectivity index (χ4v) is 2.44. The van der Waals surface area contributed by atoms with Gasteiger partial charge in [0.2, 0.25) is 11.8 Å². The van der Waals surface area contributed by atoms with Crippen molar-refractivity contribution in [1.29, 1.82) is 0 Å². The largest absolute Gasteiger partial charge is 0.317 e. The first-order valence-corrected chi connectivity index (χ1v) is 6.72. The van der Waals surface area contributed by atoms with E-state index < -0.39 is 17.9 Å². The summed E-state index contributed by atoms with van der Waals surface area (Å²) < 4.78 is 0. The van der Waals surface area contributed by atoms with E-state index in [2.05, 4.69) is 5.32 Å². The summed E-state index contributed by atoms with van der Waals surface area (Å²) in [7, 11) is 0. The lowest BCUT2D eigenvalue weighted by atomic mass is 10.0. The SMILES string of the molecule is CCC1C(=O)NC(=O)CN1C(=O)c1cc(Cl)ccc1C. The van der Waals surface area contributed by atoms with Crippen LogP contribution in [0, 0.1) is 6.92 Å². The first kappa shape index (κ1) is 14.5. The van der Waals surface area contributed by atoms with Crippen molar-refractivity contribution < 1.29 is 14.4 Å². The zero-order valence-corrected chi connectivity index (χ0v) is 12.0. The normalized spacial score (nSPS) is 18.9. The molecule has 0 aromatic heterocycles. The molecule has 5 nitrogen and oxygen atoms in total. The summed E-state index contributed by atoms with van der Waals surface area (Å²) in [6, 6.07) is 4.36. The van der Waals surface area contributed by atoms with Gasteiger partial charge in [-0.15, -0.1) is 0 Å². The van der Waals surface area contributed by atoms with Crippen LogP contribution in [-0.4, -0.2) is 35.2 Å². The average molecular weight is 295 g/mol. The Bertz CT molecular complexity index is 586. The molecule has 106 valence electrons. The summed E-state index contributed by atoms with van der Waals surface area (Å²) in [6.45, 7) is 3.47. The number of aryl methyl sites for hydroxylation is 1. The molecule has 1 atom stereocenters. The highest BCUT2D eigenvalue weighted by Gasteiger charge is 2.36. The Morgan fingerprint density at radius 1 is 1.45 bits per heavy atom. The van der Waals surface area contributed by atoms with Gasteiger partial charge in [-0.05, 0) is 31.0 Å². The minimum absolute atomic E-state index is 0.116. The summed E-state index contributed by atoms with van der Waals surface area (Å²) in [5, 5.41) is 2.69. The molecule has 1 heterocycles. The fourth-order valence-electron chi connectivity index (χ4n) is 2.27. The van der Waals surface area contributed by atoms with Crippen molar-refractivity contribution in [2.45, 2.75) is 26.3 Å². The average Bonchev–Trinajstić information content (AvgIpc) is 2.40. The molecule has 2 rings (SSSR count). The van der Waals surface area contributed by atoms with Gasteiger partial charge in [-0.25, -0.2) is 0 Å². The van der Waals surface area contributed by atoms with E-state index in [9.17, 15) is 14.4 Å². The molecule has 1 aliphatic heterocycles. The minimum Gasteiger partial charge on any atom is -0.317 e. The first-order valence-electron chi connectivity index (χ1n) is 6.35. The molecule has 1 aromatic rings. The van der Waals surface area contributed by atoms with Crippen LogP contribution >= 0.6 is 11.6 Å². The van der Waals surface area contributed by atoms with E-state index in [0.717, 1.165) is 5.56 Å². The molecule has 0 bridgehead atoms. The summed E-state index contributed by atoms with van der Waals surface area (Å²) in [5.41, 5.74) is 1.17. The van der Waals surface area contributed by atoms with Gasteiger partial charge in [0.05, 0.1) is 0 Å². The van der Waals surface area contributed by atoms with E-state index >= 15 is 0 Å². The molecule has 3 amide bonds. The lowest BCUT2D eigenvalue weighted by Crippen LogP contribution is -2.59. The van der Waals surface area contributed by atoms with Crippen LogP contribution < -0.4 is 5.32 Å². The molecule has 1 unspecified atom stereocenters. The molecule has 0 aliphatic carbocycles. The van der Waals surface area contributed by atoms with E-state index in [-0.39, 0.29) is 12.5 Å². The Morgan fingerprint density at radius 2 is 2.15 bits per heavy atom. The molecule has 0 spiro atoms. The highest BCUT2D eigenvalue weighted by molar-refractivity contribution is 6.31. The number of hydrogen-bond donors (Lipinski definition) is 1. The monoisotopic (exact) mass is 294 g/mol. The van der Waals surface area contributed by atoms with E-state index in [1.165, 1.54) is 4.90 Å². The van der Waals surface area contributed by atoms with Gasteiger partial charge in [0.15, 0.2) is 0 Å². The number of piperazine rings is 1. The predicted molar refractivity (Wildman–Crippen MR) is 74.5 cm³/mol. The van der Waals surface area contributed by atoms with Crippen LogP contribution in [0.1, 0.15) is 29.3 Å². The van der Waals surface area contributed by atoms with Gasteiger partial charge in [-0.1, -0.05) is 24.6 Å². The van der Waals surface area contributed by atoms with Crippen molar-refractivity contribution in [2.24, 2.45) is 0 Å². The molecule has 1 fully saturated rings. The third kappa shape index (κ3) is 2.67. The number of halogens is 1. The number of hydrogen-bond acceptors (Lipinski definition) is 3. The number of carbonyl (C=O) groups excluding carboxylic acids is 3. The van der Waals surface area contributed by atoms with Gasteiger partial charge < -0.3 is 4.90 Å². The zero-order valence-electron chi connectivity index (χ0n) is 11.3. The third-order valence-corrected chi connectivity index (χ3v) is 3.57. The predicted octanol–water partition coefficient (Wildman–Crippen LogP) is 1.53. The van der Waals surface area contributed by atoms with Gasteiger partial charge >= 0.3 is 0 Å². The van der Waals surface area contributed by atoms with Gasteiger partial charge in [0, 0.05) is 10.6 Å². The highest BCUT2D eigenvalue weighted by atomic mass is 35.5. The Kier molecular flexibility index (Phi) is 4.09. The number of amides is 3. The standard InChI is InChI=1S/C14H15ClN2O3/c1-3-11-13(19)16-12(18)7-17(11)14(20)10-6-9(15)5-4-8(10)2/h4-6,11H,3,7H2,1-2H3,(H,16,18,19). The Morgan fingerprint density at radius 3 is 2.80 bits per heavy atom. The summed E-state index contributed by atoms with van der Waals surface area (Å²) in [5.74, 6) is -1.25. The van der Waals surface area contributed by atoms with Crippen LogP contribution in [0.2, 0.25) is 5.02 Å². The quantitative estimate of drug-likeness (QED) is 0.841. The number of rotatable bonds is 2. The number of nitrogens with zero attached hydrogens (tertiary/aromatic N) is 1. The Balaban J connectivity index is 2.37. The van der Waals surface area contributed by atoms with E-state index in [1.54, 1.807) is 32.0 Å². The second-order valence-corrected chi connectivity index (χ2v) is 5.17. The van der Waals surface area contributed by atoms with E-state index in [4.69, 9.17) is 11.6 Å². The van der Waals surface area contributed by atoms with Crippen molar-refractivity contribution in [1.82, 2.24) is 10.2 Å². The van der Waals surface area contributed by atoms with E-state index in [0.29, 0.717) is 17.0 Å². The molecule has 1 N–H and O–H groups in total. The van der Waals surface area contributed by atoms with Crippen molar-refractivity contribution in [3.8, 4) is 0 Å². The van der Waals surface area contributed by atoms with Crippen molar-refractivity contribution >= 4 is 29.3 Å². The fraction of sp³-hybridized carbons (Fsp3) is 0.357. The maximum absolute atomic E-state index is 12.6. The number of carbonyl (C=O) groups is 3. The Labute approximate surface area is 121 Å². The topological polar surface area (TPSA) is 66.5 Å². The van der Waals surface area contributed by atoms with Crippen LogP contribution in [0.15, 0.2) is 18.2 Å². The summed E-state index contributed by atoms with van der Waals surface area (Å²) >= 11 is 5.91. The number of benzene rings is 1. The summed E-state index contributed by atoms with van der Waals surface area (Å²) in [4.78, 5) is 37.1. The maximum Gasteiger partial charge on any atom is 0.255 e. The molecule has 1 aliphatic rings. The number of nitrogens with one attached hydrogen (secondary N) is 1. The van der Waals surface area contributed by atoms with Crippen molar-refractivity contribution in [2.75, 3.05) is 6.54 Å². The lowest BCUT2D eigenvalue weighted by Gasteiger charge is -2.33. The van der Waals surface area contributed by atoms with Crippen LogP contribution in [0.5, 0.6) is 0 Å². The minimum atomic E-state index is -0.626. The molecule has 1 saturated heterocycles. The first-order chi connectivity index (χ1) is 9.43. The maximum atomic E-state index is 12.6. The Hall–Kier alpha value is -1.88. The van der Waals surface area contributed by atoms with Crippen molar-refractivity contribution in [3.63, 3.8) is 0 Å². The van der Waals surface area contributed by atoms with Crippen LogP contribution in [0.25, 0.3) is 0 Å². The summed E-state index contributed by atoms with van der Waals surface area (Å²) in [6.07, 6.45) is 0.449. The van der Waals surface area contributed by atoms with Crippen LogP contribution in [0.4, 0.5) is 0 Å². The van der Waals surface area contributed by atoms with Crippen molar-refractivity contribution in [3.05, 3.63) is 34.3 Å². The molecule has 0 saturated carbocycles. The van der Waals surface area contributed by atoms with Crippen LogP contribution in [0.3, 0.4) is 0 Å². The molecule has 1 aromatic carbocycles. The highest BCUT2D eigenvalue weighted by Crippen LogP contribution is 2.20. The second-order valence-electron chi connectivity index (χ2n) is 4.73. The van der Waals surface area contributed by atoms with E-state index in [1.807, 2.05) is 0 Å². The third-order valence-electron chi connectivity index (χ3n) is 3.33. The zero-order chi connectivity index (χ0) is 14.9. The molecule has 0 radical (unpaired) electrons. The van der Waals surface area contributed by atoms with Gasteiger partial charge in [0.25, 0.3) is 5.91 Å². The number of imide groups is 1. The van der Waals surface area contributed by atoms with Crippen LogP contribution in [-0.2, 0) is 9.59 Å². The van der Waals surface area contributed by atoms with Gasteiger partial charge in [0.1, 0.15) is 12.6 Å². The lowest BCUT2D eigenvalue weighted by molar-refractivity contribution is -0.138. The molecule has 6 heteroatoms. The second kappa shape index (κ2) is 5.63. The van der Waals surface area contributed by atoms with Gasteiger partial charge in [-0.2, -0.15) is 0 Å². The van der Waals surface area contributed by atoms with Gasteiger partial charge in [-0.3, -0.25) is 19.7 Å². The molecule has 20 heavy (non-hydrogen) atoms. The smallest absolute Gasteiger partial charge is 0.255 e. The molecular weight excluding hydrogens is 280 g/mol.